The van der Waals surface area contributed by atoms with Gasteiger partial charge >= 0.3 is 11.9 Å². The molecule has 0 aliphatic carbocycles. The molecule has 0 saturated heterocycles. The second kappa shape index (κ2) is 24.5. The number of likely N-dealkylation sites (N-methyl/N-ethyl adjacent to an activating group) is 1. The molecule has 5 amide bonds. The van der Waals surface area contributed by atoms with Gasteiger partial charge in [0.25, 0.3) is 10.0 Å². The molecule has 2 aromatic carbocycles. The minimum Gasteiger partial charge on any atom is -0.508 e. The lowest BCUT2D eigenvalue weighted by Gasteiger charge is -2.31. The Hall–Kier alpha value is -7.06. The maximum atomic E-state index is 13.1. The van der Waals surface area contributed by atoms with Gasteiger partial charge in [-0.15, -0.1) is 15.3 Å². The van der Waals surface area contributed by atoms with Crippen molar-refractivity contribution in [3.05, 3.63) is 71.5 Å². The zero-order valence-corrected chi connectivity index (χ0v) is 38.1. The van der Waals surface area contributed by atoms with E-state index in [0.717, 1.165) is 0 Å². The zero-order chi connectivity index (χ0) is 49.3. The number of carboxylic acid groups (broad SMARTS) is 2. The third-order valence-corrected chi connectivity index (χ3v) is 12.5. The molecule has 3 atom stereocenters. The van der Waals surface area contributed by atoms with Gasteiger partial charge in [-0.25, -0.2) is 23.1 Å². The number of rotatable bonds is 27. The molecular formula is C41H53N11O13S2. The highest BCUT2D eigenvalue weighted by Gasteiger charge is 2.32. The van der Waals surface area contributed by atoms with Crippen molar-refractivity contribution >= 4 is 68.0 Å². The number of carboxylic acids is 2. The summed E-state index contributed by atoms with van der Waals surface area (Å²) in [6.07, 6.45) is 1.85. The minimum atomic E-state index is -4.04. The monoisotopic (exact) mass is 971 g/mol. The highest BCUT2D eigenvalue weighted by Crippen LogP contribution is 2.38. The topological polar surface area (TPSA) is 377 Å². The van der Waals surface area contributed by atoms with Gasteiger partial charge in [-0.05, 0) is 80.8 Å². The van der Waals surface area contributed by atoms with E-state index in [2.05, 4.69) is 47.1 Å². The first kappa shape index (κ1) is 52.6. The lowest BCUT2D eigenvalue weighted by atomic mass is 9.73. The number of amides is 5. The van der Waals surface area contributed by atoms with Crippen LogP contribution in [0, 0.1) is 0 Å². The van der Waals surface area contributed by atoms with E-state index in [-0.39, 0.29) is 48.9 Å². The van der Waals surface area contributed by atoms with Gasteiger partial charge in [-0.1, -0.05) is 47.7 Å². The Morgan fingerprint density at radius 1 is 0.746 bits per heavy atom. The van der Waals surface area contributed by atoms with Gasteiger partial charge in [0.15, 0.2) is 0 Å². The number of nitrogens with zero attached hydrogens (tertiary/aromatic N) is 5. The molecule has 0 saturated carbocycles. The Morgan fingerprint density at radius 3 is 1.82 bits per heavy atom. The summed E-state index contributed by atoms with van der Waals surface area (Å²) in [4.78, 5) is 88.5. The fourth-order valence-corrected chi connectivity index (χ4v) is 8.11. The van der Waals surface area contributed by atoms with Crippen molar-refractivity contribution in [3.8, 4) is 11.5 Å². The number of carbonyl (C=O) groups excluding carboxylic acids is 5. The van der Waals surface area contributed by atoms with Gasteiger partial charge in [-0.3, -0.25) is 28.7 Å². The number of phenols is 2. The van der Waals surface area contributed by atoms with E-state index in [9.17, 15) is 62.4 Å². The van der Waals surface area contributed by atoms with E-state index in [4.69, 9.17) is 5.14 Å². The van der Waals surface area contributed by atoms with Crippen LogP contribution in [0.5, 0.6) is 11.5 Å². The molecule has 3 unspecified atom stereocenters. The third kappa shape index (κ3) is 16.7. The quantitative estimate of drug-likeness (QED) is 0.0290. The molecule has 0 aliphatic rings. The average molecular weight is 972 g/mol. The molecule has 0 radical (unpaired) electrons. The van der Waals surface area contributed by atoms with Gasteiger partial charge < -0.3 is 47.0 Å². The van der Waals surface area contributed by atoms with E-state index in [1.54, 1.807) is 42.1 Å². The number of benzene rings is 2. The summed E-state index contributed by atoms with van der Waals surface area (Å²) in [7, 11) is -4.04. The SMILES string of the molecule is CCNC(=O)C(CCCCn1cc(CCCC(=O)Nc2nnc(S(N)(=O)=O)s2)nn1)NC(=O)CC(NC(=O)CC(NC(=O)CCC(C)(c1ccc(O)cc1)c1ccc(O)cc1)C(=O)O)C(=O)O. The normalized spacial score (nSPS) is 12.8. The van der Waals surface area contributed by atoms with Crippen LogP contribution in [-0.4, -0.2) is 120 Å². The number of aryl methyl sites for hydroxylation is 2. The van der Waals surface area contributed by atoms with Crippen molar-refractivity contribution < 1.29 is 62.4 Å². The van der Waals surface area contributed by atoms with Crippen LogP contribution in [0.4, 0.5) is 5.13 Å². The summed E-state index contributed by atoms with van der Waals surface area (Å²) < 4.78 is 23.8. The molecule has 67 heavy (non-hydrogen) atoms. The van der Waals surface area contributed by atoms with E-state index in [1.165, 1.54) is 24.3 Å². The largest absolute Gasteiger partial charge is 0.508 e. The number of nitrogens with two attached hydrogens (primary N) is 1. The summed E-state index contributed by atoms with van der Waals surface area (Å²) in [6, 6.07) is 7.95. The summed E-state index contributed by atoms with van der Waals surface area (Å²) in [6.45, 7) is 4.13. The number of primary sulfonamides is 1. The Morgan fingerprint density at radius 2 is 1.30 bits per heavy atom. The highest BCUT2D eigenvalue weighted by molar-refractivity contribution is 7.91. The van der Waals surface area contributed by atoms with Crippen LogP contribution >= 0.6 is 11.3 Å². The molecule has 0 spiro atoms. The number of unbranched alkanes of at least 4 members (excludes halogenated alkanes) is 1. The molecule has 24 nitrogen and oxygen atoms in total. The molecule has 11 N–H and O–H groups in total. The minimum absolute atomic E-state index is 0.00965. The smallest absolute Gasteiger partial charge is 0.326 e. The Bertz CT molecular complexity index is 2430. The van der Waals surface area contributed by atoms with Crippen molar-refractivity contribution in [1.82, 2.24) is 46.5 Å². The molecule has 26 heteroatoms. The van der Waals surface area contributed by atoms with Crippen LogP contribution in [0.25, 0.3) is 0 Å². The molecule has 0 bridgehead atoms. The van der Waals surface area contributed by atoms with Gasteiger partial charge in [-0.2, -0.15) is 0 Å². The number of carbonyl (C=O) groups is 7. The van der Waals surface area contributed by atoms with Crippen LogP contribution < -0.4 is 31.7 Å². The van der Waals surface area contributed by atoms with Crippen molar-refractivity contribution in [2.24, 2.45) is 5.14 Å². The van der Waals surface area contributed by atoms with Crippen molar-refractivity contribution in [1.29, 1.82) is 0 Å². The second-order valence-corrected chi connectivity index (χ2v) is 18.3. The van der Waals surface area contributed by atoms with Gasteiger partial charge in [0.05, 0.1) is 18.5 Å². The average Bonchev–Trinajstić information content (AvgIpc) is 3.94. The second-order valence-electron chi connectivity index (χ2n) is 15.6. The predicted octanol–water partition coefficient (Wildman–Crippen LogP) is 0.646. The van der Waals surface area contributed by atoms with Crippen LogP contribution in [-0.2, 0) is 62.0 Å². The maximum absolute atomic E-state index is 13.1. The van der Waals surface area contributed by atoms with E-state index in [0.29, 0.717) is 60.4 Å². The fraction of sp³-hybridized carbons (Fsp3) is 0.439. The van der Waals surface area contributed by atoms with Gasteiger partial charge in [0.1, 0.15) is 29.6 Å². The molecule has 4 rings (SSSR count). The lowest BCUT2D eigenvalue weighted by Crippen LogP contribution is -2.51. The molecule has 4 aromatic rings. The predicted molar refractivity (Wildman–Crippen MR) is 238 cm³/mol. The molecule has 362 valence electrons. The van der Waals surface area contributed by atoms with Gasteiger partial charge in [0, 0.05) is 37.5 Å². The third-order valence-electron chi connectivity index (χ3n) is 10.4. The first-order valence-corrected chi connectivity index (χ1v) is 23.3. The Balaban J connectivity index is 1.24. The Labute approximate surface area is 388 Å². The van der Waals surface area contributed by atoms with Crippen LogP contribution in [0.3, 0.4) is 0 Å². The van der Waals surface area contributed by atoms with Crippen LogP contribution in [0.1, 0.15) is 88.5 Å². The maximum Gasteiger partial charge on any atom is 0.326 e. The van der Waals surface area contributed by atoms with E-state index >= 15 is 0 Å². The van der Waals surface area contributed by atoms with Crippen molar-refractivity contribution in [2.75, 3.05) is 11.9 Å². The summed E-state index contributed by atoms with van der Waals surface area (Å²) in [5.41, 5.74) is 1.19. The summed E-state index contributed by atoms with van der Waals surface area (Å²) in [5.74, 6) is -6.78. The Kier molecular flexibility index (Phi) is 19.2. The lowest BCUT2D eigenvalue weighted by molar-refractivity contribution is -0.145. The number of hydrogen-bond acceptors (Lipinski definition) is 16. The fourth-order valence-electron chi connectivity index (χ4n) is 6.76. The standard InChI is InChI=1S/C41H53N11O13S2/c1-3-43-36(59)29(8-4-5-20-52-23-26(48-51-52)7-6-9-32(55)47-39-49-50-40(66-39)67(42,64)65)44-34(57)22-31(38(62)63)46-35(58)21-30(37(60)61)45-33(56)18-19-41(2,24-10-14-27(53)15-11-24)25-12-16-28(54)17-13-25/h10-17,23,29-31,53-54H,3-9,18-22H2,1-2H3,(H,43,59)(H,44,57)(H,45,56)(H,46,58)(H,60,61)(H,62,63)(H2,42,64,65)(H,47,49,55). The van der Waals surface area contributed by atoms with Crippen molar-refractivity contribution in [2.45, 2.75) is 112 Å². The molecule has 0 fully saturated rings. The number of phenolic OH excluding ortho intramolecular Hbond substituents is 2. The summed E-state index contributed by atoms with van der Waals surface area (Å²) in [5, 5.41) is 71.5. The highest BCUT2D eigenvalue weighted by atomic mass is 32.2. The van der Waals surface area contributed by atoms with Gasteiger partial charge in [0.2, 0.25) is 39.0 Å². The van der Waals surface area contributed by atoms with Crippen LogP contribution in [0.2, 0.25) is 0 Å². The zero-order valence-electron chi connectivity index (χ0n) is 36.5. The van der Waals surface area contributed by atoms with E-state index < -0.39 is 92.2 Å². The number of sulfonamides is 1. The number of anilines is 1. The first-order valence-electron chi connectivity index (χ1n) is 20.9. The molecule has 0 aliphatic heterocycles. The number of hydrogen-bond donors (Lipinski definition) is 10. The van der Waals surface area contributed by atoms with E-state index in [1.807, 2.05) is 6.92 Å². The molecular weight excluding hydrogens is 919 g/mol. The first-order chi connectivity index (χ1) is 31.7. The van der Waals surface area contributed by atoms with Crippen molar-refractivity contribution in [3.63, 3.8) is 0 Å². The number of aliphatic carboxylic acids is 2. The molecule has 2 aromatic heterocycles. The number of aromatic hydroxyl groups is 2. The summed E-state index contributed by atoms with van der Waals surface area (Å²) >= 11 is 0.625. The van der Waals surface area contributed by atoms with Crippen LogP contribution in [0.15, 0.2) is 59.1 Å². The molecule has 2 heterocycles. The number of nitrogens with one attached hydrogen (secondary N) is 5. The number of aromatic nitrogens is 5.